The van der Waals surface area contributed by atoms with Crippen molar-refractivity contribution in [3.8, 4) is 5.75 Å². The quantitative estimate of drug-likeness (QED) is 0.861. The highest BCUT2D eigenvalue weighted by atomic mass is 35.5. The van der Waals surface area contributed by atoms with E-state index in [2.05, 4.69) is 5.32 Å². The zero-order chi connectivity index (χ0) is 16.2. The summed E-state index contributed by atoms with van der Waals surface area (Å²) in [6.07, 6.45) is 0. The summed E-state index contributed by atoms with van der Waals surface area (Å²) in [5.74, 6) is 0.396. The third kappa shape index (κ3) is 3.99. The number of halogens is 1. The molecule has 2 aromatic carbocycles. The summed E-state index contributed by atoms with van der Waals surface area (Å²) in [7, 11) is 0. The topological polar surface area (TPSA) is 58.6 Å². The molecule has 120 valence electrons. The number of thioether (sulfide) groups is 1. The number of rotatable bonds is 5. The van der Waals surface area contributed by atoms with Crippen molar-refractivity contribution in [2.75, 3.05) is 5.75 Å². The lowest BCUT2D eigenvalue weighted by Gasteiger charge is -2.17. The Morgan fingerprint density at radius 1 is 1.30 bits per heavy atom. The number of carboxylic acids is 1. The monoisotopic (exact) mass is 349 g/mol. The predicted molar refractivity (Wildman–Crippen MR) is 92.0 cm³/mol. The molecule has 2 aromatic rings. The van der Waals surface area contributed by atoms with Crippen LogP contribution in [-0.2, 0) is 11.4 Å². The molecule has 0 aromatic heterocycles. The molecule has 4 nitrogen and oxygen atoms in total. The van der Waals surface area contributed by atoms with E-state index >= 15 is 0 Å². The zero-order valence-electron chi connectivity index (χ0n) is 12.2. The first-order valence-corrected chi connectivity index (χ1v) is 8.63. The van der Waals surface area contributed by atoms with Gasteiger partial charge >= 0.3 is 5.97 Å². The van der Waals surface area contributed by atoms with Crippen molar-refractivity contribution in [1.82, 2.24) is 5.32 Å². The fourth-order valence-electron chi connectivity index (χ4n) is 2.38. The van der Waals surface area contributed by atoms with Crippen molar-refractivity contribution in [1.29, 1.82) is 0 Å². The second-order valence-electron chi connectivity index (χ2n) is 5.23. The fraction of sp³-hybridized carbons (Fsp3) is 0.235. The zero-order valence-corrected chi connectivity index (χ0v) is 13.8. The van der Waals surface area contributed by atoms with Crippen molar-refractivity contribution in [3.05, 3.63) is 64.7 Å². The summed E-state index contributed by atoms with van der Waals surface area (Å²) >= 11 is 7.65. The van der Waals surface area contributed by atoms with Gasteiger partial charge in [0, 0.05) is 16.3 Å². The molecule has 23 heavy (non-hydrogen) atoms. The van der Waals surface area contributed by atoms with Crippen LogP contribution in [0, 0.1) is 0 Å². The molecule has 2 N–H and O–H groups in total. The molecular formula is C17H16ClNO3S. The molecule has 1 saturated heterocycles. The van der Waals surface area contributed by atoms with Crippen LogP contribution in [0.1, 0.15) is 16.5 Å². The Morgan fingerprint density at radius 2 is 2.09 bits per heavy atom. The first-order chi connectivity index (χ1) is 11.1. The van der Waals surface area contributed by atoms with E-state index in [1.165, 1.54) is 0 Å². The minimum atomic E-state index is -0.839. The third-order valence-corrected chi connectivity index (χ3v) is 5.06. The summed E-state index contributed by atoms with van der Waals surface area (Å²) < 4.78 is 5.93. The highest BCUT2D eigenvalue weighted by Crippen LogP contribution is 2.39. The van der Waals surface area contributed by atoms with Crippen LogP contribution < -0.4 is 10.1 Å². The molecule has 0 radical (unpaired) electrons. The number of carboxylic acid groups (broad SMARTS) is 1. The van der Waals surface area contributed by atoms with Gasteiger partial charge in [0.2, 0.25) is 0 Å². The van der Waals surface area contributed by atoms with E-state index in [1.807, 2.05) is 42.5 Å². The van der Waals surface area contributed by atoms with Crippen molar-refractivity contribution >= 4 is 29.3 Å². The Hall–Kier alpha value is -1.69. The summed E-state index contributed by atoms with van der Waals surface area (Å²) in [6, 6.07) is 14.8. The molecule has 1 heterocycles. The highest BCUT2D eigenvalue weighted by molar-refractivity contribution is 7.99. The molecule has 0 bridgehead atoms. The van der Waals surface area contributed by atoms with Crippen LogP contribution in [0.5, 0.6) is 5.75 Å². The predicted octanol–water partition coefficient (Wildman–Crippen LogP) is 3.71. The second-order valence-corrected chi connectivity index (χ2v) is 6.80. The van der Waals surface area contributed by atoms with Crippen molar-refractivity contribution in [2.45, 2.75) is 18.0 Å². The van der Waals surface area contributed by atoms with Crippen LogP contribution in [0.3, 0.4) is 0 Å². The number of hydrogen-bond donors (Lipinski definition) is 2. The number of aliphatic carboxylic acids is 1. The van der Waals surface area contributed by atoms with Crippen molar-refractivity contribution in [2.24, 2.45) is 0 Å². The van der Waals surface area contributed by atoms with Gasteiger partial charge in [0.1, 0.15) is 18.4 Å². The molecule has 2 atom stereocenters. The number of benzene rings is 2. The number of ether oxygens (including phenoxy) is 1. The van der Waals surface area contributed by atoms with Gasteiger partial charge < -0.3 is 9.84 Å². The van der Waals surface area contributed by atoms with Crippen LogP contribution >= 0.6 is 23.4 Å². The minimum Gasteiger partial charge on any atom is -0.489 e. The van der Waals surface area contributed by atoms with Crippen LogP contribution in [0.2, 0.25) is 5.02 Å². The van der Waals surface area contributed by atoms with Crippen molar-refractivity contribution in [3.63, 3.8) is 0 Å². The Morgan fingerprint density at radius 3 is 2.78 bits per heavy atom. The molecule has 3 rings (SSSR count). The molecule has 6 heteroatoms. The normalized spacial score (nSPS) is 20.4. The number of nitrogens with one attached hydrogen (secondary N) is 1. The lowest BCUT2D eigenvalue weighted by atomic mass is 10.1. The summed E-state index contributed by atoms with van der Waals surface area (Å²) in [5, 5.41) is 12.7. The Kier molecular flexibility index (Phi) is 5.10. The van der Waals surface area contributed by atoms with E-state index in [-0.39, 0.29) is 5.37 Å². The maximum atomic E-state index is 11.1. The van der Waals surface area contributed by atoms with E-state index in [9.17, 15) is 4.79 Å². The molecule has 2 unspecified atom stereocenters. The fourth-order valence-corrected chi connectivity index (χ4v) is 3.81. The Labute approximate surface area is 143 Å². The summed E-state index contributed by atoms with van der Waals surface area (Å²) in [6.45, 7) is 0.454. The highest BCUT2D eigenvalue weighted by Gasteiger charge is 2.32. The molecule has 0 spiro atoms. The van der Waals surface area contributed by atoms with Crippen LogP contribution in [0.4, 0.5) is 0 Å². The maximum absolute atomic E-state index is 11.1. The smallest absolute Gasteiger partial charge is 0.321 e. The number of hydrogen-bond acceptors (Lipinski definition) is 4. The van der Waals surface area contributed by atoms with Gasteiger partial charge in [-0.25, -0.2) is 0 Å². The van der Waals surface area contributed by atoms with Gasteiger partial charge in [-0.3, -0.25) is 10.1 Å². The van der Waals surface area contributed by atoms with Crippen LogP contribution in [0.25, 0.3) is 0 Å². The molecule has 0 saturated carbocycles. The lowest BCUT2D eigenvalue weighted by Crippen LogP contribution is -2.33. The van der Waals surface area contributed by atoms with Gasteiger partial charge in [0.05, 0.1) is 5.37 Å². The van der Waals surface area contributed by atoms with Crippen LogP contribution in [-0.4, -0.2) is 22.9 Å². The van der Waals surface area contributed by atoms with Gasteiger partial charge in [0.25, 0.3) is 0 Å². The lowest BCUT2D eigenvalue weighted by molar-refractivity contribution is -0.138. The van der Waals surface area contributed by atoms with E-state index in [1.54, 1.807) is 17.8 Å². The Balaban J connectivity index is 1.77. The molecule has 0 amide bonds. The van der Waals surface area contributed by atoms with Gasteiger partial charge in [-0.15, -0.1) is 11.8 Å². The van der Waals surface area contributed by atoms with E-state index in [0.717, 1.165) is 11.1 Å². The van der Waals surface area contributed by atoms with Gasteiger partial charge in [0.15, 0.2) is 0 Å². The second kappa shape index (κ2) is 7.25. The standard InChI is InChI=1S/C17H16ClNO3S/c18-12-6-7-15(22-9-11-4-2-1-3-5-11)13(8-12)16-19-14(10-23-16)17(20)21/h1-8,14,16,19H,9-10H2,(H,20,21). The Bertz CT molecular complexity index is 695. The average molecular weight is 350 g/mol. The van der Waals surface area contributed by atoms with Gasteiger partial charge in [-0.1, -0.05) is 41.9 Å². The molecule has 1 aliphatic heterocycles. The summed E-state index contributed by atoms with van der Waals surface area (Å²) in [4.78, 5) is 11.1. The largest absolute Gasteiger partial charge is 0.489 e. The van der Waals surface area contributed by atoms with E-state index in [0.29, 0.717) is 23.1 Å². The number of carbonyl (C=O) groups is 1. The SMILES string of the molecule is O=C(O)C1CSC(c2cc(Cl)ccc2OCc2ccccc2)N1. The molecule has 1 fully saturated rings. The summed E-state index contributed by atoms with van der Waals surface area (Å²) in [5.41, 5.74) is 1.95. The molecule has 0 aliphatic carbocycles. The minimum absolute atomic E-state index is 0.138. The van der Waals surface area contributed by atoms with Crippen molar-refractivity contribution < 1.29 is 14.6 Å². The van der Waals surface area contributed by atoms with Gasteiger partial charge in [-0.2, -0.15) is 0 Å². The van der Waals surface area contributed by atoms with E-state index in [4.69, 9.17) is 21.4 Å². The maximum Gasteiger partial charge on any atom is 0.321 e. The molecule has 1 aliphatic rings. The average Bonchev–Trinajstić information content (AvgIpc) is 3.05. The first kappa shape index (κ1) is 16.2. The van der Waals surface area contributed by atoms with E-state index < -0.39 is 12.0 Å². The first-order valence-electron chi connectivity index (χ1n) is 7.20. The molecular weight excluding hydrogens is 334 g/mol. The van der Waals surface area contributed by atoms with Gasteiger partial charge in [-0.05, 0) is 23.8 Å². The van der Waals surface area contributed by atoms with Crippen LogP contribution in [0.15, 0.2) is 48.5 Å². The third-order valence-electron chi connectivity index (χ3n) is 3.57.